The number of halogens is 2. The summed E-state index contributed by atoms with van der Waals surface area (Å²) in [7, 11) is 1.57. The van der Waals surface area contributed by atoms with Gasteiger partial charge >= 0.3 is 6.09 Å². The van der Waals surface area contributed by atoms with Crippen molar-refractivity contribution in [3.63, 3.8) is 0 Å². The van der Waals surface area contributed by atoms with Gasteiger partial charge in [0.25, 0.3) is 0 Å². The molecule has 16 heavy (non-hydrogen) atoms. The molecule has 0 bridgehead atoms. The van der Waals surface area contributed by atoms with Crippen molar-refractivity contribution in [2.45, 2.75) is 6.04 Å². The predicted molar refractivity (Wildman–Crippen MR) is 62.5 cm³/mol. The molecule has 0 spiro atoms. The van der Waals surface area contributed by atoms with Crippen LogP contribution in [0.1, 0.15) is 11.6 Å². The third kappa shape index (κ3) is 2.51. The van der Waals surface area contributed by atoms with Gasteiger partial charge in [0, 0.05) is 10.6 Å². The Labute approximate surface area is 104 Å². The van der Waals surface area contributed by atoms with Gasteiger partial charge in [0.15, 0.2) is 0 Å². The Kier molecular flexibility index (Phi) is 4.26. The van der Waals surface area contributed by atoms with Crippen molar-refractivity contribution in [3.05, 3.63) is 28.8 Å². The molecule has 1 heterocycles. The van der Waals surface area contributed by atoms with Crippen LogP contribution >= 0.6 is 24.0 Å². The highest BCUT2D eigenvalue weighted by Gasteiger charge is 2.26. The van der Waals surface area contributed by atoms with Crippen LogP contribution in [0.15, 0.2) is 18.2 Å². The normalized spacial score (nSPS) is 18.4. The van der Waals surface area contributed by atoms with Crippen LogP contribution in [0.3, 0.4) is 0 Å². The fourth-order valence-electron chi connectivity index (χ4n) is 1.53. The van der Waals surface area contributed by atoms with Crippen LogP contribution in [0.2, 0.25) is 5.02 Å². The first-order valence-corrected chi connectivity index (χ1v) is 4.85. The Hall–Kier alpha value is -1.13. The lowest BCUT2D eigenvalue weighted by atomic mass is 10.1. The van der Waals surface area contributed by atoms with E-state index < -0.39 is 6.09 Å². The zero-order chi connectivity index (χ0) is 10.8. The Morgan fingerprint density at radius 3 is 2.88 bits per heavy atom. The molecule has 0 radical (unpaired) electrons. The van der Waals surface area contributed by atoms with Gasteiger partial charge in [-0.3, -0.25) is 0 Å². The summed E-state index contributed by atoms with van der Waals surface area (Å²) in [5, 5.41) is 3.28. The first-order chi connectivity index (χ1) is 7.20. The van der Waals surface area contributed by atoms with E-state index in [1.807, 2.05) is 0 Å². The Morgan fingerprint density at radius 2 is 2.31 bits per heavy atom. The molecule has 0 saturated carbocycles. The highest BCUT2D eigenvalue weighted by molar-refractivity contribution is 6.30. The second-order valence-corrected chi connectivity index (χ2v) is 3.62. The summed E-state index contributed by atoms with van der Waals surface area (Å²) < 4.78 is 9.99. The van der Waals surface area contributed by atoms with Gasteiger partial charge in [0.1, 0.15) is 12.4 Å². The van der Waals surface area contributed by atoms with Crippen molar-refractivity contribution in [2.24, 2.45) is 0 Å². The number of ether oxygens (including phenoxy) is 2. The van der Waals surface area contributed by atoms with Gasteiger partial charge < -0.3 is 14.8 Å². The fraction of sp³-hybridized carbons (Fsp3) is 0.300. The molecule has 1 saturated heterocycles. The molecule has 6 heteroatoms. The quantitative estimate of drug-likeness (QED) is 0.892. The predicted octanol–water partition coefficient (Wildman–Crippen LogP) is 2.55. The van der Waals surface area contributed by atoms with E-state index in [9.17, 15) is 4.79 Å². The van der Waals surface area contributed by atoms with E-state index in [4.69, 9.17) is 21.1 Å². The van der Waals surface area contributed by atoms with Crippen molar-refractivity contribution >= 4 is 30.1 Å². The zero-order valence-electron chi connectivity index (χ0n) is 8.53. The summed E-state index contributed by atoms with van der Waals surface area (Å²) in [5.74, 6) is 0.690. The standard InChI is InChI=1S/C10H10ClNO3.ClH/c1-14-9-3-2-6(11)4-7(9)8-5-15-10(13)12-8;/h2-4,8H,5H2,1H3,(H,12,13);1H/t8-;/m0./s1. The molecule has 88 valence electrons. The fourth-order valence-corrected chi connectivity index (χ4v) is 1.71. The number of amides is 1. The number of alkyl carbamates (subject to hydrolysis) is 1. The third-order valence-electron chi connectivity index (χ3n) is 2.24. The average molecular weight is 264 g/mol. The van der Waals surface area contributed by atoms with Gasteiger partial charge in [-0.15, -0.1) is 12.4 Å². The number of cyclic esters (lactones) is 1. The van der Waals surface area contributed by atoms with Gasteiger partial charge in [0.2, 0.25) is 0 Å². The van der Waals surface area contributed by atoms with Gasteiger partial charge in [-0.25, -0.2) is 4.79 Å². The van der Waals surface area contributed by atoms with Gasteiger partial charge in [-0.1, -0.05) is 11.6 Å². The lowest BCUT2D eigenvalue weighted by molar-refractivity contribution is 0.177. The number of rotatable bonds is 2. The molecule has 0 aromatic heterocycles. The number of hydrogen-bond acceptors (Lipinski definition) is 3. The Bertz CT molecular complexity index is 398. The van der Waals surface area contributed by atoms with E-state index in [1.165, 1.54) is 0 Å². The first-order valence-electron chi connectivity index (χ1n) is 4.47. The maximum Gasteiger partial charge on any atom is 0.407 e. The number of benzene rings is 1. The summed E-state index contributed by atoms with van der Waals surface area (Å²) in [6, 6.07) is 5.08. The maximum absolute atomic E-state index is 10.9. The molecule has 1 aromatic rings. The van der Waals surface area contributed by atoms with Crippen LogP contribution in [0.25, 0.3) is 0 Å². The summed E-state index contributed by atoms with van der Waals surface area (Å²) in [5.41, 5.74) is 0.829. The SMILES string of the molecule is COc1ccc(Cl)cc1[C@@H]1COC(=O)N1.Cl. The lowest BCUT2D eigenvalue weighted by Gasteiger charge is -2.12. The second-order valence-electron chi connectivity index (χ2n) is 3.18. The first kappa shape index (κ1) is 12.9. The number of carbonyl (C=O) groups is 1. The van der Waals surface area contributed by atoms with Crippen LogP contribution in [0.4, 0.5) is 4.79 Å². The smallest absolute Gasteiger partial charge is 0.407 e. The summed E-state index contributed by atoms with van der Waals surface area (Å²) in [6.45, 7) is 0.301. The molecule has 0 aliphatic carbocycles. The molecule has 1 aromatic carbocycles. The van der Waals surface area contributed by atoms with Crippen LogP contribution < -0.4 is 10.1 Å². The molecule has 1 atom stereocenters. The van der Waals surface area contributed by atoms with E-state index in [0.717, 1.165) is 5.56 Å². The topological polar surface area (TPSA) is 47.6 Å². The van der Waals surface area contributed by atoms with Crippen LogP contribution in [-0.2, 0) is 4.74 Å². The van der Waals surface area contributed by atoms with Gasteiger partial charge in [-0.05, 0) is 18.2 Å². The van der Waals surface area contributed by atoms with Crippen LogP contribution in [-0.4, -0.2) is 19.8 Å². The number of hydrogen-bond donors (Lipinski definition) is 1. The molecule has 1 aliphatic rings. The largest absolute Gasteiger partial charge is 0.496 e. The highest BCUT2D eigenvalue weighted by Crippen LogP contribution is 2.30. The zero-order valence-corrected chi connectivity index (χ0v) is 10.1. The number of nitrogens with one attached hydrogen (secondary N) is 1. The summed E-state index contributed by atoms with van der Waals surface area (Å²) >= 11 is 5.88. The summed E-state index contributed by atoms with van der Waals surface area (Å²) in [4.78, 5) is 10.9. The summed E-state index contributed by atoms with van der Waals surface area (Å²) in [6.07, 6.45) is -0.415. The van der Waals surface area contributed by atoms with Crippen LogP contribution in [0.5, 0.6) is 5.75 Å². The second kappa shape index (κ2) is 5.27. The van der Waals surface area contributed by atoms with Crippen molar-refractivity contribution < 1.29 is 14.3 Å². The number of methoxy groups -OCH3 is 1. The minimum atomic E-state index is -0.415. The Morgan fingerprint density at radius 1 is 1.56 bits per heavy atom. The third-order valence-corrected chi connectivity index (χ3v) is 2.48. The maximum atomic E-state index is 10.9. The minimum absolute atomic E-state index is 0. The highest BCUT2D eigenvalue weighted by atomic mass is 35.5. The molecule has 1 aliphatic heterocycles. The van der Waals surface area contributed by atoms with Crippen molar-refractivity contribution in [3.8, 4) is 5.75 Å². The van der Waals surface area contributed by atoms with Crippen molar-refractivity contribution in [2.75, 3.05) is 13.7 Å². The van der Waals surface area contributed by atoms with E-state index >= 15 is 0 Å². The number of carbonyl (C=O) groups excluding carboxylic acids is 1. The van der Waals surface area contributed by atoms with Crippen molar-refractivity contribution in [1.82, 2.24) is 5.32 Å². The molecule has 1 N–H and O–H groups in total. The van der Waals surface area contributed by atoms with Gasteiger partial charge in [0.05, 0.1) is 13.2 Å². The molecule has 4 nitrogen and oxygen atoms in total. The lowest BCUT2D eigenvalue weighted by Crippen LogP contribution is -2.18. The van der Waals surface area contributed by atoms with E-state index in [2.05, 4.69) is 5.32 Å². The molecular formula is C10H11Cl2NO3. The molecular weight excluding hydrogens is 253 g/mol. The average Bonchev–Trinajstić information content (AvgIpc) is 2.65. The molecule has 0 unspecified atom stereocenters. The van der Waals surface area contributed by atoms with Gasteiger partial charge in [-0.2, -0.15) is 0 Å². The molecule has 1 fully saturated rings. The van der Waals surface area contributed by atoms with E-state index in [-0.39, 0.29) is 18.4 Å². The minimum Gasteiger partial charge on any atom is -0.496 e. The Balaban J connectivity index is 0.00000128. The van der Waals surface area contributed by atoms with Crippen molar-refractivity contribution in [1.29, 1.82) is 0 Å². The van der Waals surface area contributed by atoms with E-state index in [1.54, 1.807) is 25.3 Å². The molecule has 2 rings (SSSR count). The van der Waals surface area contributed by atoms with E-state index in [0.29, 0.717) is 17.4 Å². The molecule has 1 amide bonds. The van der Waals surface area contributed by atoms with Crippen LogP contribution in [0, 0.1) is 0 Å². The monoisotopic (exact) mass is 263 g/mol.